The fourth-order valence-corrected chi connectivity index (χ4v) is 1.51. The van der Waals surface area contributed by atoms with Gasteiger partial charge in [-0.25, -0.2) is 0 Å². The van der Waals surface area contributed by atoms with Gasteiger partial charge in [0.25, 0.3) is 0 Å². The Hall–Kier alpha value is -0.380. The first kappa shape index (κ1) is 12.7. The summed E-state index contributed by atoms with van der Waals surface area (Å²) in [5.74, 6) is 0. The SMILES string of the molecule is CCOCC(C)NCc1ccc(Br)cc1. The highest BCUT2D eigenvalue weighted by Crippen LogP contribution is 2.10. The van der Waals surface area contributed by atoms with Crippen LogP contribution in [0.2, 0.25) is 0 Å². The van der Waals surface area contributed by atoms with Crippen LogP contribution in [0.1, 0.15) is 19.4 Å². The summed E-state index contributed by atoms with van der Waals surface area (Å²) in [5, 5.41) is 3.41. The number of hydrogen-bond donors (Lipinski definition) is 1. The number of rotatable bonds is 6. The highest BCUT2D eigenvalue weighted by atomic mass is 79.9. The Kier molecular flexibility index (Phi) is 5.91. The van der Waals surface area contributed by atoms with Gasteiger partial charge in [-0.1, -0.05) is 28.1 Å². The summed E-state index contributed by atoms with van der Waals surface area (Å²) in [7, 11) is 0. The van der Waals surface area contributed by atoms with Crippen molar-refractivity contribution in [3.63, 3.8) is 0 Å². The van der Waals surface area contributed by atoms with Crippen molar-refractivity contribution in [2.45, 2.75) is 26.4 Å². The number of nitrogens with one attached hydrogen (secondary N) is 1. The maximum absolute atomic E-state index is 5.33. The van der Waals surface area contributed by atoms with Gasteiger partial charge in [-0.2, -0.15) is 0 Å². The van der Waals surface area contributed by atoms with E-state index < -0.39 is 0 Å². The molecule has 0 bridgehead atoms. The number of benzene rings is 1. The highest BCUT2D eigenvalue weighted by Gasteiger charge is 2.00. The van der Waals surface area contributed by atoms with Crippen LogP contribution >= 0.6 is 15.9 Å². The molecule has 0 radical (unpaired) electrons. The van der Waals surface area contributed by atoms with Gasteiger partial charge in [0.1, 0.15) is 0 Å². The molecule has 1 atom stereocenters. The first-order valence-electron chi connectivity index (χ1n) is 5.28. The quantitative estimate of drug-likeness (QED) is 0.859. The molecule has 2 nitrogen and oxygen atoms in total. The van der Waals surface area contributed by atoms with E-state index in [0.29, 0.717) is 6.04 Å². The normalized spacial score (nSPS) is 12.7. The summed E-state index contributed by atoms with van der Waals surface area (Å²) in [5.41, 5.74) is 1.29. The Bertz CT molecular complexity index is 273. The van der Waals surface area contributed by atoms with Crippen LogP contribution in [0.3, 0.4) is 0 Å². The number of hydrogen-bond acceptors (Lipinski definition) is 2. The van der Waals surface area contributed by atoms with E-state index in [1.165, 1.54) is 5.56 Å². The highest BCUT2D eigenvalue weighted by molar-refractivity contribution is 9.10. The summed E-state index contributed by atoms with van der Waals surface area (Å²) in [6.07, 6.45) is 0. The summed E-state index contributed by atoms with van der Waals surface area (Å²) in [4.78, 5) is 0. The summed E-state index contributed by atoms with van der Waals surface area (Å²) >= 11 is 3.42. The summed E-state index contributed by atoms with van der Waals surface area (Å²) in [6, 6.07) is 8.75. The molecule has 0 aliphatic heterocycles. The standard InChI is InChI=1S/C12H18BrNO/c1-3-15-9-10(2)14-8-11-4-6-12(13)7-5-11/h4-7,10,14H,3,8-9H2,1-2H3. The van der Waals surface area contributed by atoms with Gasteiger partial charge in [-0.15, -0.1) is 0 Å². The molecule has 3 heteroatoms. The molecule has 15 heavy (non-hydrogen) atoms. The Morgan fingerprint density at radius 3 is 2.60 bits per heavy atom. The van der Waals surface area contributed by atoms with Crippen molar-refractivity contribution in [3.05, 3.63) is 34.3 Å². The molecule has 0 aliphatic carbocycles. The molecule has 0 fully saturated rings. The Morgan fingerprint density at radius 2 is 2.00 bits per heavy atom. The fourth-order valence-electron chi connectivity index (χ4n) is 1.25. The molecule has 0 saturated heterocycles. The molecule has 0 spiro atoms. The molecule has 1 N–H and O–H groups in total. The van der Waals surface area contributed by atoms with Crippen LogP contribution in [0.15, 0.2) is 28.7 Å². The van der Waals surface area contributed by atoms with Gasteiger partial charge < -0.3 is 10.1 Å². The topological polar surface area (TPSA) is 21.3 Å². The molecule has 1 aromatic rings. The van der Waals surface area contributed by atoms with Crippen molar-refractivity contribution in [1.29, 1.82) is 0 Å². The first-order chi connectivity index (χ1) is 7.22. The lowest BCUT2D eigenvalue weighted by Gasteiger charge is -2.13. The van der Waals surface area contributed by atoms with Gasteiger partial charge in [0, 0.05) is 23.7 Å². The summed E-state index contributed by atoms with van der Waals surface area (Å²) in [6.45, 7) is 6.59. The third-order valence-electron chi connectivity index (χ3n) is 2.14. The largest absolute Gasteiger partial charge is 0.380 e. The molecule has 1 unspecified atom stereocenters. The van der Waals surface area contributed by atoms with E-state index in [-0.39, 0.29) is 0 Å². The zero-order chi connectivity index (χ0) is 11.1. The molecule has 0 aliphatic rings. The van der Waals surface area contributed by atoms with Crippen molar-refractivity contribution in [2.24, 2.45) is 0 Å². The van der Waals surface area contributed by atoms with E-state index in [9.17, 15) is 0 Å². The number of ether oxygens (including phenoxy) is 1. The Labute approximate surface area is 100 Å². The maximum Gasteiger partial charge on any atom is 0.0616 e. The van der Waals surface area contributed by atoms with Crippen molar-refractivity contribution in [1.82, 2.24) is 5.32 Å². The molecular weight excluding hydrogens is 254 g/mol. The molecule has 1 aromatic carbocycles. The maximum atomic E-state index is 5.33. The van der Waals surface area contributed by atoms with Crippen LogP contribution in [0.25, 0.3) is 0 Å². The van der Waals surface area contributed by atoms with Gasteiger partial charge in [-0.3, -0.25) is 0 Å². The van der Waals surface area contributed by atoms with E-state index in [1.54, 1.807) is 0 Å². The van der Waals surface area contributed by atoms with Crippen LogP contribution < -0.4 is 5.32 Å². The monoisotopic (exact) mass is 271 g/mol. The van der Waals surface area contributed by atoms with E-state index in [4.69, 9.17) is 4.74 Å². The second-order valence-corrected chi connectivity index (χ2v) is 4.48. The molecule has 0 aromatic heterocycles. The van der Waals surface area contributed by atoms with Gasteiger partial charge in [-0.05, 0) is 31.5 Å². The zero-order valence-electron chi connectivity index (χ0n) is 9.29. The van der Waals surface area contributed by atoms with Crippen molar-refractivity contribution >= 4 is 15.9 Å². The van der Waals surface area contributed by atoms with Gasteiger partial charge in [0.05, 0.1) is 6.61 Å². The van der Waals surface area contributed by atoms with E-state index >= 15 is 0 Å². The first-order valence-corrected chi connectivity index (χ1v) is 6.07. The minimum Gasteiger partial charge on any atom is -0.380 e. The second-order valence-electron chi connectivity index (χ2n) is 3.57. The average molecular weight is 272 g/mol. The smallest absolute Gasteiger partial charge is 0.0616 e. The lowest BCUT2D eigenvalue weighted by atomic mass is 10.2. The van der Waals surface area contributed by atoms with E-state index in [1.807, 2.05) is 6.92 Å². The molecule has 0 heterocycles. The predicted molar refractivity (Wildman–Crippen MR) is 66.9 cm³/mol. The number of halogens is 1. The lowest BCUT2D eigenvalue weighted by Crippen LogP contribution is -2.30. The van der Waals surface area contributed by atoms with Crippen LogP contribution in [0.4, 0.5) is 0 Å². The second kappa shape index (κ2) is 6.99. The van der Waals surface area contributed by atoms with Crippen molar-refractivity contribution in [2.75, 3.05) is 13.2 Å². The average Bonchev–Trinajstić information content (AvgIpc) is 2.25. The fraction of sp³-hybridized carbons (Fsp3) is 0.500. The zero-order valence-corrected chi connectivity index (χ0v) is 10.9. The van der Waals surface area contributed by atoms with Gasteiger partial charge >= 0.3 is 0 Å². The minimum absolute atomic E-state index is 0.397. The molecular formula is C12H18BrNO. The van der Waals surface area contributed by atoms with Crippen LogP contribution in [-0.4, -0.2) is 19.3 Å². The van der Waals surface area contributed by atoms with Crippen molar-refractivity contribution in [3.8, 4) is 0 Å². The molecule has 0 saturated carbocycles. The molecule has 1 rings (SSSR count). The van der Waals surface area contributed by atoms with Crippen LogP contribution in [0.5, 0.6) is 0 Å². The van der Waals surface area contributed by atoms with E-state index in [0.717, 1.165) is 24.2 Å². The summed E-state index contributed by atoms with van der Waals surface area (Å²) < 4.78 is 6.45. The van der Waals surface area contributed by atoms with Gasteiger partial charge in [0.2, 0.25) is 0 Å². The lowest BCUT2D eigenvalue weighted by molar-refractivity contribution is 0.127. The van der Waals surface area contributed by atoms with Gasteiger partial charge in [0.15, 0.2) is 0 Å². The minimum atomic E-state index is 0.397. The Morgan fingerprint density at radius 1 is 1.33 bits per heavy atom. The molecule has 0 amide bonds. The van der Waals surface area contributed by atoms with Crippen molar-refractivity contribution < 1.29 is 4.74 Å². The van der Waals surface area contributed by atoms with E-state index in [2.05, 4.69) is 52.4 Å². The predicted octanol–water partition coefficient (Wildman–Crippen LogP) is 2.96. The van der Waals surface area contributed by atoms with Crippen LogP contribution in [-0.2, 0) is 11.3 Å². The van der Waals surface area contributed by atoms with Crippen LogP contribution in [0, 0.1) is 0 Å². The molecule has 84 valence electrons. The Balaban J connectivity index is 2.27. The third kappa shape index (κ3) is 5.30. The third-order valence-corrected chi connectivity index (χ3v) is 2.67.